The monoisotopic (exact) mass is 358 g/mol. The predicted molar refractivity (Wildman–Crippen MR) is 77.4 cm³/mol. The minimum atomic E-state index is -0.917. The molecule has 0 radical (unpaired) electrons. The molecule has 0 bridgehead atoms. The Morgan fingerprint density at radius 1 is 1.20 bits per heavy atom. The first kappa shape index (κ1) is 13.8. The summed E-state index contributed by atoms with van der Waals surface area (Å²) >= 11 is 9.76. The van der Waals surface area contributed by atoms with E-state index < -0.39 is 17.0 Å². The first-order valence-electron chi connectivity index (χ1n) is 6.11. The molecule has 0 amide bonds. The molecule has 1 aliphatic rings. The molecule has 0 N–H and O–H groups in total. The number of rotatable bonds is 2. The van der Waals surface area contributed by atoms with Crippen molar-refractivity contribution in [2.45, 2.75) is 11.8 Å². The minimum absolute atomic E-state index is 0.113. The molecule has 0 aromatic heterocycles. The van der Waals surface area contributed by atoms with E-state index in [-0.39, 0.29) is 5.56 Å². The molecular formula is C15H10BrClF2O. The Labute approximate surface area is 128 Å². The van der Waals surface area contributed by atoms with Gasteiger partial charge in [0.15, 0.2) is 11.6 Å². The van der Waals surface area contributed by atoms with Gasteiger partial charge in [0.1, 0.15) is 5.75 Å². The van der Waals surface area contributed by atoms with Gasteiger partial charge in [0.2, 0.25) is 0 Å². The van der Waals surface area contributed by atoms with E-state index in [4.69, 9.17) is 16.3 Å². The summed E-state index contributed by atoms with van der Waals surface area (Å²) in [6.45, 7) is 0.577. The lowest BCUT2D eigenvalue weighted by atomic mass is 10.00. The average Bonchev–Trinajstić information content (AvgIpc) is 2.88. The van der Waals surface area contributed by atoms with Gasteiger partial charge in [0, 0.05) is 22.0 Å². The molecule has 104 valence electrons. The number of halogens is 4. The van der Waals surface area contributed by atoms with Crippen LogP contribution in [0.25, 0.3) is 0 Å². The molecule has 1 nitrogen and oxygen atoms in total. The van der Waals surface area contributed by atoms with Gasteiger partial charge in [-0.05, 0) is 23.8 Å². The van der Waals surface area contributed by atoms with Crippen LogP contribution >= 0.6 is 27.5 Å². The van der Waals surface area contributed by atoms with E-state index in [1.165, 1.54) is 12.1 Å². The third kappa shape index (κ3) is 2.31. The van der Waals surface area contributed by atoms with Crippen molar-refractivity contribution in [2.24, 2.45) is 0 Å². The molecule has 0 fully saturated rings. The van der Waals surface area contributed by atoms with Gasteiger partial charge in [-0.25, -0.2) is 8.78 Å². The van der Waals surface area contributed by atoms with Gasteiger partial charge in [-0.2, -0.15) is 0 Å². The predicted octanol–water partition coefficient (Wildman–Crippen LogP) is 4.99. The van der Waals surface area contributed by atoms with E-state index in [2.05, 4.69) is 15.9 Å². The molecule has 0 aliphatic carbocycles. The number of hydrogen-bond donors (Lipinski definition) is 0. The molecule has 1 atom stereocenters. The van der Waals surface area contributed by atoms with Gasteiger partial charge in [-0.1, -0.05) is 28.1 Å². The quantitative estimate of drug-likeness (QED) is 0.686. The highest BCUT2D eigenvalue weighted by Crippen LogP contribution is 2.42. The number of fused-ring (bicyclic) bond motifs is 1. The summed E-state index contributed by atoms with van der Waals surface area (Å²) in [5, 5.41) is -0.796. The topological polar surface area (TPSA) is 9.23 Å². The Kier molecular flexibility index (Phi) is 3.69. The second-order valence-corrected chi connectivity index (χ2v) is 5.94. The maximum Gasteiger partial charge on any atom is 0.163 e. The molecule has 1 unspecified atom stereocenters. The molecule has 0 spiro atoms. The number of alkyl halides is 1. The van der Waals surface area contributed by atoms with Crippen LogP contribution in [0.1, 0.15) is 22.1 Å². The first-order chi connectivity index (χ1) is 9.58. The fourth-order valence-corrected chi connectivity index (χ4v) is 3.22. The fraction of sp³-hybridized carbons (Fsp3) is 0.200. The van der Waals surface area contributed by atoms with Crippen LogP contribution in [-0.4, -0.2) is 6.61 Å². The van der Waals surface area contributed by atoms with Gasteiger partial charge in [-0.15, -0.1) is 11.6 Å². The van der Waals surface area contributed by atoms with E-state index in [0.29, 0.717) is 17.9 Å². The van der Waals surface area contributed by atoms with Crippen molar-refractivity contribution in [2.75, 3.05) is 6.61 Å². The van der Waals surface area contributed by atoms with Gasteiger partial charge in [0.25, 0.3) is 0 Å². The van der Waals surface area contributed by atoms with E-state index in [1.807, 2.05) is 6.07 Å². The van der Waals surface area contributed by atoms with E-state index in [0.717, 1.165) is 22.5 Å². The van der Waals surface area contributed by atoms with E-state index in [9.17, 15) is 8.78 Å². The number of ether oxygens (including phenoxy) is 1. The second kappa shape index (κ2) is 5.34. The molecule has 2 aromatic carbocycles. The van der Waals surface area contributed by atoms with Crippen molar-refractivity contribution in [1.29, 1.82) is 0 Å². The highest BCUT2D eigenvalue weighted by Gasteiger charge is 2.25. The zero-order chi connectivity index (χ0) is 14.3. The van der Waals surface area contributed by atoms with Crippen molar-refractivity contribution in [3.05, 3.63) is 63.1 Å². The highest BCUT2D eigenvalue weighted by atomic mass is 79.9. The zero-order valence-electron chi connectivity index (χ0n) is 10.3. The van der Waals surface area contributed by atoms with Crippen molar-refractivity contribution in [3.8, 4) is 5.75 Å². The average molecular weight is 360 g/mol. The van der Waals surface area contributed by atoms with Crippen molar-refractivity contribution in [1.82, 2.24) is 0 Å². The summed E-state index contributed by atoms with van der Waals surface area (Å²) in [5.74, 6) is -1.14. The Hall–Kier alpha value is -1.13. The van der Waals surface area contributed by atoms with Crippen LogP contribution in [-0.2, 0) is 6.42 Å². The Balaban J connectivity index is 2.11. The maximum absolute atomic E-state index is 13.9. The molecule has 1 heterocycles. The maximum atomic E-state index is 13.9. The SMILES string of the molecule is Fc1cccc(C(Cl)c2cc(Br)cc3c2OCC3)c1F. The standard InChI is InChI=1S/C15H10BrClF2O/c16-9-6-8-4-5-20-15(8)11(7-9)13(17)10-2-1-3-12(18)14(10)19/h1-3,6-7,13H,4-5H2. The van der Waals surface area contributed by atoms with Gasteiger partial charge < -0.3 is 4.74 Å². The molecular weight excluding hydrogens is 350 g/mol. The minimum Gasteiger partial charge on any atom is -0.493 e. The second-order valence-electron chi connectivity index (χ2n) is 4.59. The van der Waals surface area contributed by atoms with E-state index in [1.54, 1.807) is 6.07 Å². The van der Waals surface area contributed by atoms with Crippen LogP contribution in [0.5, 0.6) is 5.75 Å². The smallest absolute Gasteiger partial charge is 0.163 e. The Morgan fingerprint density at radius 3 is 2.80 bits per heavy atom. The largest absolute Gasteiger partial charge is 0.493 e. The number of benzene rings is 2. The Bertz CT molecular complexity index is 675. The van der Waals surface area contributed by atoms with Crippen LogP contribution in [0.4, 0.5) is 8.78 Å². The summed E-state index contributed by atoms with van der Waals surface area (Å²) in [6, 6.07) is 7.74. The van der Waals surface area contributed by atoms with Crippen LogP contribution in [0, 0.1) is 11.6 Å². The van der Waals surface area contributed by atoms with Gasteiger partial charge in [0.05, 0.1) is 12.0 Å². The summed E-state index contributed by atoms with van der Waals surface area (Å²) < 4.78 is 33.6. The van der Waals surface area contributed by atoms with E-state index >= 15 is 0 Å². The lowest BCUT2D eigenvalue weighted by Gasteiger charge is -2.15. The lowest BCUT2D eigenvalue weighted by molar-refractivity contribution is 0.353. The van der Waals surface area contributed by atoms with Crippen molar-refractivity contribution < 1.29 is 13.5 Å². The zero-order valence-corrected chi connectivity index (χ0v) is 12.6. The summed E-state index contributed by atoms with van der Waals surface area (Å²) in [4.78, 5) is 0. The van der Waals surface area contributed by atoms with Crippen LogP contribution in [0.3, 0.4) is 0 Å². The Morgan fingerprint density at radius 2 is 2.00 bits per heavy atom. The lowest BCUT2D eigenvalue weighted by Crippen LogP contribution is -2.01. The fourth-order valence-electron chi connectivity index (χ4n) is 2.37. The molecule has 0 saturated carbocycles. The first-order valence-corrected chi connectivity index (χ1v) is 7.34. The summed E-state index contributed by atoms with van der Waals surface area (Å²) in [5.41, 5.74) is 1.79. The van der Waals surface area contributed by atoms with Crippen LogP contribution in [0.2, 0.25) is 0 Å². The summed E-state index contributed by atoms with van der Waals surface area (Å²) in [7, 11) is 0. The molecule has 0 saturated heterocycles. The summed E-state index contributed by atoms with van der Waals surface area (Å²) in [6.07, 6.45) is 0.789. The molecule has 5 heteroatoms. The highest BCUT2D eigenvalue weighted by molar-refractivity contribution is 9.10. The van der Waals surface area contributed by atoms with Gasteiger partial charge >= 0.3 is 0 Å². The van der Waals surface area contributed by atoms with Gasteiger partial charge in [-0.3, -0.25) is 0 Å². The van der Waals surface area contributed by atoms with Crippen molar-refractivity contribution in [3.63, 3.8) is 0 Å². The van der Waals surface area contributed by atoms with Crippen LogP contribution in [0.15, 0.2) is 34.8 Å². The molecule has 3 rings (SSSR count). The normalized spacial score (nSPS) is 14.8. The third-order valence-corrected chi connectivity index (χ3v) is 4.23. The molecule has 2 aromatic rings. The third-order valence-electron chi connectivity index (χ3n) is 3.30. The molecule has 20 heavy (non-hydrogen) atoms. The van der Waals surface area contributed by atoms with Crippen molar-refractivity contribution >= 4 is 27.5 Å². The molecule has 1 aliphatic heterocycles. The number of hydrogen-bond acceptors (Lipinski definition) is 1. The van der Waals surface area contributed by atoms with Crippen LogP contribution < -0.4 is 4.74 Å².